The molecule has 7 nitrogen and oxygen atoms in total. The number of aliphatic hydroxyl groups excluding tert-OH is 1. The minimum absolute atomic E-state index is 0.121. The summed E-state index contributed by atoms with van der Waals surface area (Å²) in [5.74, 6) is 0.529. The molecule has 1 aliphatic rings. The van der Waals surface area contributed by atoms with Gasteiger partial charge in [0.05, 0.1) is 44.0 Å². The van der Waals surface area contributed by atoms with Crippen molar-refractivity contribution in [3.63, 3.8) is 0 Å². The minimum atomic E-state index is -3.73. The number of aryl methyl sites for hydroxylation is 2. The SMILES string of the molecule is COc1cc(S(=O)(=O)N[C@@H]2CCOC[C@H]2OCCO)c(C)cc1C. The van der Waals surface area contributed by atoms with Gasteiger partial charge >= 0.3 is 0 Å². The van der Waals surface area contributed by atoms with Crippen molar-refractivity contribution < 1.29 is 27.7 Å². The molecule has 0 saturated carbocycles. The largest absolute Gasteiger partial charge is 0.496 e. The molecule has 0 spiro atoms. The molecule has 24 heavy (non-hydrogen) atoms. The van der Waals surface area contributed by atoms with Gasteiger partial charge < -0.3 is 19.3 Å². The lowest BCUT2D eigenvalue weighted by Gasteiger charge is -2.31. The standard InChI is InChI=1S/C16H25NO6S/c1-11-8-12(2)16(9-14(11)21-3)24(19,20)17-13-4-6-22-10-15(13)23-7-5-18/h8-9,13,15,17-18H,4-7,10H2,1-3H3/t13-,15-/m1/s1. The molecule has 2 rings (SSSR count). The zero-order valence-electron chi connectivity index (χ0n) is 14.2. The third-order valence-corrected chi connectivity index (χ3v) is 5.65. The number of ether oxygens (including phenoxy) is 3. The van der Waals surface area contributed by atoms with Crippen molar-refractivity contribution in [2.75, 3.05) is 33.5 Å². The smallest absolute Gasteiger partial charge is 0.241 e. The Kier molecular flexibility index (Phi) is 6.59. The van der Waals surface area contributed by atoms with Crippen LogP contribution in [0.3, 0.4) is 0 Å². The van der Waals surface area contributed by atoms with E-state index in [4.69, 9.17) is 19.3 Å². The lowest BCUT2D eigenvalue weighted by molar-refractivity contribution is -0.0714. The summed E-state index contributed by atoms with van der Waals surface area (Å²) in [5.41, 5.74) is 1.53. The highest BCUT2D eigenvalue weighted by molar-refractivity contribution is 7.89. The van der Waals surface area contributed by atoms with Crippen LogP contribution >= 0.6 is 0 Å². The Balaban J connectivity index is 2.23. The van der Waals surface area contributed by atoms with Crippen molar-refractivity contribution in [1.82, 2.24) is 4.72 Å². The molecule has 1 heterocycles. The van der Waals surface area contributed by atoms with E-state index < -0.39 is 22.2 Å². The lowest BCUT2D eigenvalue weighted by Crippen LogP contribution is -2.50. The number of sulfonamides is 1. The summed E-state index contributed by atoms with van der Waals surface area (Å²) in [4.78, 5) is 0.192. The quantitative estimate of drug-likeness (QED) is 0.746. The van der Waals surface area contributed by atoms with Crippen molar-refractivity contribution in [2.24, 2.45) is 0 Å². The molecular formula is C16H25NO6S. The van der Waals surface area contributed by atoms with Gasteiger partial charge in [-0.15, -0.1) is 0 Å². The number of aliphatic hydroxyl groups is 1. The molecule has 0 amide bonds. The van der Waals surface area contributed by atoms with Gasteiger partial charge in [-0.1, -0.05) is 6.07 Å². The average Bonchev–Trinajstić information content (AvgIpc) is 2.53. The number of benzene rings is 1. The Labute approximate surface area is 143 Å². The predicted octanol–water partition coefficient (Wildman–Crippen LogP) is 0.757. The Hall–Kier alpha value is -1.19. The van der Waals surface area contributed by atoms with E-state index in [1.807, 2.05) is 6.92 Å². The highest BCUT2D eigenvalue weighted by Crippen LogP contribution is 2.26. The Morgan fingerprint density at radius 3 is 2.75 bits per heavy atom. The first-order chi connectivity index (χ1) is 11.4. The zero-order chi connectivity index (χ0) is 17.7. The zero-order valence-corrected chi connectivity index (χ0v) is 15.1. The van der Waals surface area contributed by atoms with E-state index in [2.05, 4.69) is 4.72 Å². The molecule has 0 radical (unpaired) electrons. The van der Waals surface area contributed by atoms with Crippen molar-refractivity contribution in [3.8, 4) is 5.75 Å². The normalized spacial score (nSPS) is 21.7. The van der Waals surface area contributed by atoms with Crippen molar-refractivity contribution in [2.45, 2.75) is 37.3 Å². The summed E-state index contributed by atoms with van der Waals surface area (Å²) in [7, 11) is -2.21. The maximum absolute atomic E-state index is 12.8. The van der Waals surface area contributed by atoms with Gasteiger partial charge in [-0.05, 0) is 31.4 Å². The second-order valence-corrected chi connectivity index (χ2v) is 7.49. The maximum Gasteiger partial charge on any atom is 0.241 e. The van der Waals surface area contributed by atoms with Gasteiger partial charge in [0.25, 0.3) is 0 Å². The number of hydrogen-bond acceptors (Lipinski definition) is 6. The lowest BCUT2D eigenvalue weighted by atomic mass is 10.1. The minimum Gasteiger partial charge on any atom is -0.496 e. The summed E-state index contributed by atoms with van der Waals surface area (Å²) in [6.45, 7) is 4.40. The van der Waals surface area contributed by atoms with Crippen molar-refractivity contribution >= 4 is 10.0 Å². The molecule has 136 valence electrons. The van der Waals surface area contributed by atoms with E-state index >= 15 is 0 Å². The fourth-order valence-electron chi connectivity index (χ4n) is 2.80. The van der Waals surface area contributed by atoms with E-state index in [-0.39, 0.29) is 18.1 Å². The molecule has 1 aromatic rings. The van der Waals surface area contributed by atoms with Crippen LogP contribution in [0, 0.1) is 13.8 Å². The van der Waals surface area contributed by atoms with Crippen LogP contribution < -0.4 is 9.46 Å². The fourth-order valence-corrected chi connectivity index (χ4v) is 4.34. The van der Waals surface area contributed by atoms with E-state index in [0.29, 0.717) is 30.9 Å². The van der Waals surface area contributed by atoms with Crippen LogP contribution in [-0.4, -0.2) is 59.2 Å². The van der Waals surface area contributed by atoms with E-state index in [1.54, 1.807) is 13.0 Å². The van der Waals surface area contributed by atoms with E-state index in [9.17, 15) is 8.42 Å². The molecule has 1 fully saturated rings. The molecule has 0 aliphatic carbocycles. The van der Waals surface area contributed by atoms with Gasteiger partial charge in [-0.3, -0.25) is 0 Å². The molecular weight excluding hydrogens is 334 g/mol. The first-order valence-electron chi connectivity index (χ1n) is 7.87. The number of rotatable bonds is 7. The van der Waals surface area contributed by atoms with Crippen LogP contribution in [0.25, 0.3) is 0 Å². The van der Waals surface area contributed by atoms with Crippen LogP contribution in [0.15, 0.2) is 17.0 Å². The Morgan fingerprint density at radius 1 is 1.33 bits per heavy atom. The first kappa shape index (κ1) is 19.1. The third-order valence-electron chi connectivity index (χ3n) is 4.02. The third kappa shape index (κ3) is 4.46. The summed E-state index contributed by atoms with van der Waals surface area (Å²) < 4.78 is 44.4. The highest BCUT2D eigenvalue weighted by Gasteiger charge is 2.31. The number of methoxy groups -OCH3 is 1. The van der Waals surface area contributed by atoms with Gasteiger partial charge in [-0.25, -0.2) is 13.1 Å². The average molecular weight is 359 g/mol. The molecule has 8 heteroatoms. The maximum atomic E-state index is 12.8. The van der Waals surface area contributed by atoms with Gasteiger partial charge in [-0.2, -0.15) is 0 Å². The van der Waals surface area contributed by atoms with Gasteiger partial charge in [0.15, 0.2) is 0 Å². The summed E-state index contributed by atoms with van der Waals surface area (Å²) in [6.07, 6.45) is 0.0884. The van der Waals surface area contributed by atoms with Gasteiger partial charge in [0, 0.05) is 12.7 Å². The number of nitrogens with one attached hydrogen (secondary N) is 1. The van der Waals surface area contributed by atoms with Crippen LogP contribution in [0.4, 0.5) is 0 Å². The van der Waals surface area contributed by atoms with Gasteiger partial charge in [0.1, 0.15) is 5.75 Å². The predicted molar refractivity (Wildman–Crippen MR) is 88.8 cm³/mol. The van der Waals surface area contributed by atoms with Crippen LogP contribution in [0.2, 0.25) is 0 Å². The second-order valence-electron chi connectivity index (χ2n) is 5.81. The van der Waals surface area contributed by atoms with Gasteiger partial charge in [0.2, 0.25) is 10.0 Å². The molecule has 1 saturated heterocycles. The van der Waals surface area contributed by atoms with Crippen LogP contribution in [0.5, 0.6) is 5.75 Å². The first-order valence-corrected chi connectivity index (χ1v) is 9.35. The molecule has 0 bridgehead atoms. The molecule has 0 aromatic heterocycles. The second kappa shape index (κ2) is 8.26. The van der Waals surface area contributed by atoms with Crippen molar-refractivity contribution in [1.29, 1.82) is 0 Å². The van der Waals surface area contributed by atoms with E-state index in [1.165, 1.54) is 13.2 Å². The number of hydrogen-bond donors (Lipinski definition) is 2. The molecule has 0 unspecified atom stereocenters. The monoisotopic (exact) mass is 359 g/mol. The van der Waals surface area contributed by atoms with Crippen LogP contribution in [0.1, 0.15) is 17.5 Å². The Morgan fingerprint density at radius 2 is 2.08 bits per heavy atom. The van der Waals surface area contributed by atoms with Crippen LogP contribution in [-0.2, 0) is 19.5 Å². The summed E-state index contributed by atoms with van der Waals surface area (Å²) in [5, 5.41) is 8.90. The Bertz CT molecular complexity index is 661. The highest BCUT2D eigenvalue weighted by atomic mass is 32.2. The molecule has 1 aliphatic heterocycles. The topological polar surface area (TPSA) is 94.1 Å². The summed E-state index contributed by atoms with van der Waals surface area (Å²) >= 11 is 0. The fraction of sp³-hybridized carbons (Fsp3) is 0.625. The van der Waals surface area contributed by atoms with E-state index in [0.717, 1.165) is 5.56 Å². The molecule has 2 atom stereocenters. The van der Waals surface area contributed by atoms with Crippen molar-refractivity contribution in [3.05, 3.63) is 23.3 Å². The molecule has 1 aromatic carbocycles. The molecule has 2 N–H and O–H groups in total. The summed E-state index contributed by atoms with van der Waals surface area (Å²) in [6, 6.07) is 2.93.